The number of rotatable bonds is 2. The molecular weight excluding hydrogens is 285 g/mol. The molecule has 0 bridgehead atoms. The van der Waals surface area contributed by atoms with Gasteiger partial charge in [0.1, 0.15) is 5.82 Å². The molecule has 0 unspecified atom stereocenters. The lowest BCUT2D eigenvalue weighted by Crippen LogP contribution is -2.36. The van der Waals surface area contributed by atoms with Crippen LogP contribution in [0.15, 0.2) is 16.6 Å². The van der Waals surface area contributed by atoms with Crippen molar-refractivity contribution < 1.29 is 4.39 Å². The van der Waals surface area contributed by atoms with E-state index >= 15 is 0 Å². The van der Waals surface area contributed by atoms with E-state index in [4.69, 9.17) is 5.73 Å². The van der Waals surface area contributed by atoms with Crippen LogP contribution in [0, 0.1) is 5.82 Å². The predicted molar refractivity (Wildman–Crippen MR) is 72.7 cm³/mol. The fraction of sp³-hybridized carbons (Fsp3) is 0.500. The number of likely N-dealkylation sites (tertiary alicyclic amines) is 1. The van der Waals surface area contributed by atoms with Gasteiger partial charge in [0.05, 0.1) is 15.8 Å². The van der Waals surface area contributed by atoms with Gasteiger partial charge in [-0.05, 0) is 55.0 Å². The molecule has 1 fully saturated rings. The van der Waals surface area contributed by atoms with Crippen LogP contribution in [-0.2, 0) is 0 Å². The Kier molecular flexibility index (Phi) is 3.89. The number of halogens is 2. The number of nitrogens with zero attached hydrogens (tertiary/aromatic N) is 1. The van der Waals surface area contributed by atoms with E-state index in [0.717, 1.165) is 31.6 Å². The van der Waals surface area contributed by atoms with Gasteiger partial charge in [-0.25, -0.2) is 4.39 Å². The fourth-order valence-corrected chi connectivity index (χ4v) is 2.40. The first-order valence-corrected chi connectivity index (χ1v) is 6.55. The molecule has 17 heavy (non-hydrogen) atoms. The molecule has 0 atom stereocenters. The van der Waals surface area contributed by atoms with Gasteiger partial charge in [-0.1, -0.05) is 0 Å². The van der Waals surface area contributed by atoms with E-state index in [9.17, 15) is 4.39 Å². The third-order valence-corrected chi connectivity index (χ3v) is 3.78. The molecule has 0 aliphatic carbocycles. The second-order valence-corrected chi connectivity index (χ2v) is 5.43. The first-order chi connectivity index (χ1) is 8.06. The largest absolute Gasteiger partial charge is 0.397 e. The molecule has 3 N–H and O–H groups in total. The molecule has 1 aliphatic rings. The highest BCUT2D eigenvalue weighted by atomic mass is 79.9. The molecule has 2 rings (SSSR count). The van der Waals surface area contributed by atoms with Crippen molar-refractivity contribution in [1.29, 1.82) is 0 Å². The van der Waals surface area contributed by atoms with E-state index in [-0.39, 0.29) is 5.82 Å². The lowest BCUT2D eigenvalue weighted by atomic mass is 10.0. The summed E-state index contributed by atoms with van der Waals surface area (Å²) < 4.78 is 13.7. The van der Waals surface area contributed by atoms with E-state index in [2.05, 4.69) is 33.2 Å². The molecule has 3 nitrogen and oxygen atoms in total. The molecule has 1 aromatic rings. The summed E-state index contributed by atoms with van der Waals surface area (Å²) in [6, 6.07) is 3.48. The molecule has 94 valence electrons. The summed E-state index contributed by atoms with van der Waals surface area (Å²) >= 11 is 3.18. The van der Waals surface area contributed by atoms with E-state index in [1.165, 1.54) is 6.07 Å². The molecule has 1 aromatic carbocycles. The number of benzene rings is 1. The minimum absolute atomic E-state index is 0.323. The Bertz CT molecular complexity index is 403. The topological polar surface area (TPSA) is 41.3 Å². The minimum atomic E-state index is -0.323. The van der Waals surface area contributed by atoms with E-state index in [1.54, 1.807) is 6.07 Å². The average Bonchev–Trinajstić information content (AvgIpc) is 2.29. The highest BCUT2D eigenvalue weighted by Crippen LogP contribution is 2.28. The van der Waals surface area contributed by atoms with Crippen LogP contribution in [0.2, 0.25) is 0 Å². The first-order valence-electron chi connectivity index (χ1n) is 5.76. The number of piperidine rings is 1. The Hall–Kier alpha value is -0.810. The second-order valence-electron chi connectivity index (χ2n) is 4.58. The maximum absolute atomic E-state index is 13.2. The van der Waals surface area contributed by atoms with Crippen LogP contribution in [0.25, 0.3) is 0 Å². The molecule has 5 heteroatoms. The predicted octanol–water partition coefficient (Wildman–Crippen LogP) is 2.68. The van der Waals surface area contributed by atoms with Crippen molar-refractivity contribution in [3.63, 3.8) is 0 Å². The number of hydrogen-bond donors (Lipinski definition) is 2. The molecule has 1 aliphatic heterocycles. The SMILES string of the molecule is CN1CCC(Nc2cc(Br)c(F)cc2N)CC1. The van der Waals surface area contributed by atoms with Gasteiger partial charge < -0.3 is 16.0 Å². The number of hydrogen-bond acceptors (Lipinski definition) is 3. The Morgan fingerprint density at radius 3 is 2.71 bits per heavy atom. The van der Waals surface area contributed by atoms with Crippen molar-refractivity contribution in [2.24, 2.45) is 0 Å². The number of nitrogens with two attached hydrogens (primary N) is 1. The molecule has 0 radical (unpaired) electrons. The zero-order chi connectivity index (χ0) is 12.4. The molecule has 0 aromatic heterocycles. The Morgan fingerprint density at radius 1 is 1.41 bits per heavy atom. The van der Waals surface area contributed by atoms with Gasteiger partial charge >= 0.3 is 0 Å². The number of anilines is 2. The number of nitrogens with one attached hydrogen (secondary N) is 1. The highest BCUT2D eigenvalue weighted by Gasteiger charge is 2.17. The average molecular weight is 302 g/mol. The maximum Gasteiger partial charge on any atom is 0.139 e. The second kappa shape index (κ2) is 5.23. The van der Waals surface area contributed by atoms with Crippen LogP contribution >= 0.6 is 15.9 Å². The van der Waals surface area contributed by atoms with Crippen LogP contribution in [-0.4, -0.2) is 31.1 Å². The third-order valence-electron chi connectivity index (χ3n) is 3.17. The van der Waals surface area contributed by atoms with Gasteiger partial charge in [-0.2, -0.15) is 0 Å². The summed E-state index contributed by atoms with van der Waals surface area (Å²) in [5.41, 5.74) is 7.08. The van der Waals surface area contributed by atoms with Crippen LogP contribution in [0.3, 0.4) is 0 Å². The summed E-state index contributed by atoms with van der Waals surface area (Å²) in [4.78, 5) is 2.31. The highest BCUT2D eigenvalue weighted by molar-refractivity contribution is 9.10. The lowest BCUT2D eigenvalue weighted by Gasteiger charge is -2.30. The summed E-state index contributed by atoms with van der Waals surface area (Å²) in [6.45, 7) is 2.17. The monoisotopic (exact) mass is 301 g/mol. The summed E-state index contributed by atoms with van der Waals surface area (Å²) in [7, 11) is 2.12. The first kappa shape index (κ1) is 12.6. The van der Waals surface area contributed by atoms with Crippen LogP contribution in [0.1, 0.15) is 12.8 Å². The molecule has 1 saturated heterocycles. The van der Waals surface area contributed by atoms with Gasteiger partial charge in [0.25, 0.3) is 0 Å². The molecule has 1 heterocycles. The van der Waals surface area contributed by atoms with Gasteiger partial charge in [0.15, 0.2) is 0 Å². The minimum Gasteiger partial charge on any atom is -0.397 e. The van der Waals surface area contributed by atoms with Crippen molar-refractivity contribution in [2.45, 2.75) is 18.9 Å². The standard InChI is InChI=1S/C12H17BrFN3/c1-17-4-2-8(3-5-17)16-12-6-9(13)10(14)7-11(12)15/h6-8,16H,2-5,15H2,1H3. The summed E-state index contributed by atoms with van der Waals surface area (Å²) in [5.74, 6) is -0.323. The Morgan fingerprint density at radius 2 is 2.06 bits per heavy atom. The summed E-state index contributed by atoms with van der Waals surface area (Å²) in [6.07, 6.45) is 2.18. The van der Waals surface area contributed by atoms with Crippen molar-refractivity contribution in [3.8, 4) is 0 Å². The zero-order valence-electron chi connectivity index (χ0n) is 9.84. The number of nitrogen functional groups attached to an aromatic ring is 1. The van der Waals surface area contributed by atoms with Crippen molar-refractivity contribution in [3.05, 3.63) is 22.4 Å². The molecule has 0 saturated carbocycles. The van der Waals surface area contributed by atoms with Crippen molar-refractivity contribution in [1.82, 2.24) is 4.90 Å². The smallest absolute Gasteiger partial charge is 0.139 e. The fourth-order valence-electron chi connectivity index (χ4n) is 2.06. The van der Waals surface area contributed by atoms with Crippen LogP contribution < -0.4 is 11.1 Å². The molecular formula is C12H17BrFN3. The lowest BCUT2D eigenvalue weighted by molar-refractivity contribution is 0.264. The van der Waals surface area contributed by atoms with Crippen LogP contribution in [0.5, 0.6) is 0 Å². The van der Waals surface area contributed by atoms with Crippen LogP contribution in [0.4, 0.5) is 15.8 Å². The van der Waals surface area contributed by atoms with Gasteiger partial charge in [0.2, 0.25) is 0 Å². The van der Waals surface area contributed by atoms with E-state index in [0.29, 0.717) is 16.2 Å². The third kappa shape index (κ3) is 3.10. The Balaban J connectivity index is 2.06. The van der Waals surface area contributed by atoms with Crippen molar-refractivity contribution in [2.75, 3.05) is 31.2 Å². The van der Waals surface area contributed by atoms with Crippen molar-refractivity contribution >= 4 is 27.3 Å². The maximum atomic E-state index is 13.2. The Labute approximate surface area is 109 Å². The zero-order valence-corrected chi connectivity index (χ0v) is 11.4. The van der Waals surface area contributed by atoms with Gasteiger partial charge in [-0.15, -0.1) is 0 Å². The summed E-state index contributed by atoms with van der Waals surface area (Å²) in [5, 5.41) is 3.39. The van der Waals surface area contributed by atoms with Gasteiger partial charge in [0, 0.05) is 12.1 Å². The normalized spacial score (nSPS) is 18.3. The van der Waals surface area contributed by atoms with E-state index < -0.39 is 0 Å². The molecule has 0 amide bonds. The van der Waals surface area contributed by atoms with Gasteiger partial charge in [-0.3, -0.25) is 0 Å². The quantitative estimate of drug-likeness (QED) is 0.825. The molecule has 0 spiro atoms. The van der Waals surface area contributed by atoms with E-state index in [1.807, 2.05) is 0 Å².